The Hall–Kier alpha value is -14.1. The lowest BCUT2D eigenvalue weighted by atomic mass is 10.1. The highest BCUT2D eigenvalue weighted by atomic mass is 35.5. The van der Waals surface area contributed by atoms with Crippen molar-refractivity contribution < 1.29 is 44.3 Å². The van der Waals surface area contributed by atoms with Crippen LogP contribution in [-0.4, -0.2) is 152 Å². The number of hydrogen-bond donors (Lipinski definition) is 0. The molecule has 31 nitrogen and oxygen atoms in total. The van der Waals surface area contributed by atoms with Crippen LogP contribution < -0.4 is 4.74 Å². The summed E-state index contributed by atoms with van der Waals surface area (Å²) in [5, 5.41) is 89.0. The monoisotopic (exact) mass is 1980 g/mol. The summed E-state index contributed by atoms with van der Waals surface area (Å²) < 4.78 is 128. The highest BCUT2D eigenvalue weighted by Gasteiger charge is 2.32. The van der Waals surface area contributed by atoms with E-state index < -0.39 is 30.2 Å². The highest BCUT2D eigenvalue weighted by Crippen LogP contribution is 2.31. The fraction of sp³-hybridized carbons (Fsp3) is 0.153. The standard InChI is InChI=1S/C10H10ClN3.C9H7Cl2N3.C9H8ClN3.C9H7N5.C8H6ClF3O.C8H7ClF2.C8H6ClFN4.C8H7ClN4.C8H6F2N4.C8H7FN4/c1-7-3-4-9(8(2)5-7)14-6-10(11)12-13-14;1-6-4-7(10)2-3-8(6)14-5-9(11)12-13-14;1-7-6-8(10)2-3-9(7)13-5-4-11-12-13;1-7-4-8(5-10)2-3-9(7)14-6-11-12-13-14;1-5-4-6(9)2-3-7(5)13-8(10,11)12;1-5-4-6(9)2-3-7(5)8(10)11;1-5-7(14-4-11-12-13-14)3-2-6(9)8(5)10;1-6-4-7(9)2-3-8(6)13-5-10-11-12-13;1-5-7(14-4-11-12-13-14)3-2-6(9)8(5)10;1-6-4-7(9)2-3-8(6)13-5-10-11-12-13/h3-6H,1-2H3;2-5H,1H3;2-6H,1H3;2-4,6H,1H3;2-4H,1H3;2-4,8H,1H3;2-4H,1H3;2-5H,1H3;2-4H,1H3;2-5H,1H3. The van der Waals surface area contributed by atoms with Gasteiger partial charge in [0.05, 0.1) is 86.9 Å². The summed E-state index contributed by atoms with van der Waals surface area (Å²) in [7, 11) is 0. The average molecular weight is 1980 g/mol. The van der Waals surface area contributed by atoms with E-state index in [-0.39, 0.29) is 27.7 Å². The second-order valence-corrected chi connectivity index (χ2v) is 30.9. The molecule has 0 bridgehead atoms. The molecule has 0 N–H and O–H groups in total. The molecule has 686 valence electrons. The zero-order valence-corrected chi connectivity index (χ0v) is 77.2. The number of tetrazole rings is 5. The maximum atomic E-state index is 13.4. The molecule has 0 aliphatic carbocycles. The first-order valence-corrected chi connectivity index (χ1v) is 41.2. The average Bonchev–Trinajstić information content (AvgIpc) is 1.41. The summed E-state index contributed by atoms with van der Waals surface area (Å²) in [6.45, 7) is 19.9. The van der Waals surface area contributed by atoms with Crippen LogP contribution in [0.25, 0.3) is 45.5 Å². The van der Waals surface area contributed by atoms with Gasteiger partial charge in [0.2, 0.25) is 0 Å². The van der Waals surface area contributed by atoms with E-state index in [9.17, 15) is 39.5 Å². The molecule has 0 amide bonds. The number of hydrogen-bond acceptors (Lipinski definition) is 23. The number of alkyl halides is 5. The van der Waals surface area contributed by atoms with E-state index in [1.807, 2.05) is 101 Å². The molecule has 0 spiro atoms. The van der Waals surface area contributed by atoms with Gasteiger partial charge in [0.1, 0.15) is 49.0 Å². The lowest BCUT2D eigenvalue weighted by Gasteiger charge is -2.10. The maximum Gasteiger partial charge on any atom is 0.573 e. The van der Waals surface area contributed by atoms with Crippen molar-refractivity contribution in [2.24, 2.45) is 0 Å². The SMILES string of the molecule is Cc1c(-n2cnnn2)ccc(Cl)c1F.Cc1c(-n2cnnn2)ccc(F)c1F.Cc1cc(C#N)ccc1-n1cnnn1.Cc1cc(Cl)ccc1-n1cc(Cl)nn1.Cc1cc(Cl)ccc1-n1ccnn1.Cc1cc(Cl)ccc1-n1cnnn1.Cc1cc(Cl)ccc1C(F)F.Cc1cc(Cl)ccc1OC(F)(F)F.Cc1cc(F)ccc1-n1cnnn1.Cc1ccc(-n2cc(Cl)nn2)c(C)c1. The van der Waals surface area contributed by atoms with Crippen LogP contribution in [0.1, 0.15) is 78.8 Å². The van der Waals surface area contributed by atoms with E-state index in [4.69, 9.17) is 98.1 Å². The molecule has 10 aromatic carbocycles. The Morgan fingerprint density at radius 1 is 0.346 bits per heavy atom. The van der Waals surface area contributed by atoms with E-state index in [2.05, 4.69) is 132 Å². The lowest BCUT2D eigenvalue weighted by molar-refractivity contribution is -0.274. The van der Waals surface area contributed by atoms with Gasteiger partial charge in [-0.05, 0) is 324 Å². The fourth-order valence-corrected chi connectivity index (χ4v) is 13.1. The summed E-state index contributed by atoms with van der Waals surface area (Å²) in [5.41, 5.74) is 16.0. The molecule has 0 aliphatic heterocycles. The van der Waals surface area contributed by atoms with Crippen molar-refractivity contribution in [3.05, 3.63) is 362 Å². The van der Waals surface area contributed by atoms with Crippen LogP contribution in [0.2, 0.25) is 40.4 Å². The predicted octanol–water partition coefficient (Wildman–Crippen LogP) is 21.4. The summed E-state index contributed by atoms with van der Waals surface area (Å²) in [6, 6.07) is 48.7. The Labute approximate surface area is 791 Å². The molecule has 8 aromatic heterocycles. The molecule has 0 fully saturated rings. The number of aromatic nitrogens is 29. The third-order valence-corrected chi connectivity index (χ3v) is 19.7. The Morgan fingerprint density at radius 2 is 0.707 bits per heavy atom. The number of aryl methyl sites for hydroxylation is 9. The molecule has 0 saturated carbocycles. The zero-order valence-electron chi connectivity index (χ0n) is 71.2. The normalized spacial score (nSPS) is 10.5. The van der Waals surface area contributed by atoms with E-state index >= 15 is 0 Å². The van der Waals surface area contributed by atoms with Crippen LogP contribution >= 0.6 is 92.8 Å². The number of rotatable bonds is 10. The number of halogens is 17. The van der Waals surface area contributed by atoms with Gasteiger partial charge in [-0.3, -0.25) is 0 Å². The van der Waals surface area contributed by atoms with Crippen molar-refractivity contribution in [2.45, 2.75) is 88.9 Å². The van der Waals surface area contributed by atoms with E-state index in [0.717, 1.165) is 78.6 Å². The molecule has 0 aliphatic rings. The first kappa shape index (κ1) is 103. The second kappa shape index (κ2) is 49.3. The molecule has 18 aromatic rings. The molecule has 18 rings (SSSR count). The topological polar surface area (TPSA) is 343 Å². The van der Waals surface area contributed by atoms with Crippen LogP contribution in [0, 0.1) is 111 Å². The zero-order chi connectivity index (χ0) is 96.8. The van der Waals surface area contributed by atoms with Gasteiger partial charge in [0.15, 0.2) is 21.9 Å². The van der Waals surface area contributed by atoms with Crippen LogP contribution in [0.15, 0.2) is 226 Å². The van der Waals surface area contributed by atoms with Crippen molar-refractivity contribution in [1.82, 2.24) is 146 Å². The minimum absolute atomic E-state index is 0.0504. The van der Waals surface area contributed by atoms with E-state index in [0.29, 0.717) is 64.0 Å². The quantitative estimate of drug-likeness (QED) is 0.115. The van der Waals surface area contributed by atoms with Crippen LogP contribution in [0.3, 0.4) is 0 Å². The molecule has 8 heterocycles. The number of nitrogens with zero attached hydrogens (tertiary/aromatic N) is 30. The molecule has 0 radical (unpaired) electrons. The first-order valence-electron chi connectivity index (χ1n) is 38.1. The second-order valence-electron chi connectivity index (χ2n) is 27.5. The lowest BCUT2D eigenvalue weighted by Crippen LogP contribution is -2.17. The molecule has 48 heteroatoms. The largest absolute Gasteiger partial charge is 0.573 e. The number of ether oxygens (including phenoxy) is 1. The van der Waals surface area contributed by atoms with Gasteiger partial charge in [0, 0.05) is 41.8 Å². The molecular weight excluding hydrogens is 1910 g/mol. The predicted molar refractivity (Wildman–Crippen MR) is 481 cm³/mol. The van der Waals surface area contributed by atoms with Gasteiger partial charge in [-0.25, -0.2) is 63.8 Å². The number of nitriles is 1. The Morgan fingerprint density at radius 3 is 1.08 bits per heavy atom. The van der Waals surface area contributed by atoms with Crippen molar-refractivity contribution in [1.29, 1.82) is 5.26 Å². The van der Waals surface area contributed by atoms with Gasteiger partial charge < -0.3 is 4.74 Å². The van der Waals surface area contributed by atoms with Crippen molar-refractivity contribution >= 4 is 92.8 Å². The third kappa shape index (κ3) is 30.8. The van der Waals surface area contributed by atoms with Crippen LogP contribution in [0.5, 0.6) is 5.75 Å². The minimum atomic E-state index is -4.65. The molecular formula is C85H71Cl8F9N30O. The first-order chi connectivity index (χ1) is 63.3. The molecule has 0 unspecified atom stereocenters. The van der Waals surface area contributed by atoms with Crippen molar-refractivity contribution in [3.8, 4) is 57.3 Å². The van der Waals surface area contributed by atoms with Gasteiger partial charge in [0.25, 0.3) is 6.43 Å². The Kier molecular flexibility index (Phi) is 38.0. The van der Waals surface area contributed by atoms with Gasteiger partial charge in [-0.1, -0.05) is 132 Å². The summed E-state index contributed by atoms with van der Waals surface area (Å²) >= 11 is 45.6. The summed E-state index contributed by atoms with van der Waals surface area (Å²) in [6.07, 6.45) is 6.99. The highest BCUT2D eigenvalue weighted by molar-refractivity contribution is 6.32. The van der Waals surface area contributed by atoms with E-state index in [1.165, 1.54) is 119 Å². The van der Waals surface area contributed by atoms with Gasteiger partial charge >= 0.3 is 6.36 Å². The minimum Gasteiger partial charge on any atom is -0.406 e. The third-order valence-electron chi connectivity index (χ3n) is 17.8. The van der Waals surface area contributed by atoms with Crippen molar-refractivity contribution in [2.75, 3.05) is 0 Å². The van der Waals surface area contributed by atoms with Gasteiger partial charge in [-0.15, -0.1) is 54.0 Å². The molecule has 0 saturated heterocycles. The van der Waals surface area contributed by atoms with Crippen molar-refractivity contribution in [3.63, 3.8) is 0 Å². The number of benzene rings is 10. The Bertz CT molecular complexity index is 6440. The van der Waals surface area contributed by atoms with E-state index in [1.54, 1.807) is 106 Å². The molecule has 133 heavy (non-hydrogen) atoms. The van der Waals surface area contributed by atoms with Crippen LogP contribution in [-0.2, 0) is 0 Å². The smallest absolute Gasteiger partial charge is 0.406 e. The summed E-state index contributed by atoms with van der Waals surface area (Å²) in [4.78, 5) is 0. The fourth-order valence-electron chi connectivity index (χ4n) is 11.5. The molecule has 0 atom stereocenters. The maximum absolute atomic E-state index is 13.4. The van der Waals surface area contributed by atoms with Crippen LogP contribution in [0.4, 0.5) is 39.5 Å². The summed E-state index contributed by atoms with van der Waals surface area (Å²) in [5.74, 6) is -2.68. The van der Waals surface area contributed by atoms with Gasteiger partial charge in [-0.2, -0.15) is 5.26 Å². The Balaban J connectivity index is 0.000000166.